The van der Waals surface area contributed by atoms with Gasteiger partial charge in [0.2, 0.25) is 12.5 Å². The molecule has 9 heteroatoms. The predicted octanol–water partition coefficient (Wildman–Crippen LogP) is 2.57. The number of hydrogen-bond acceptors (Lipinski definition) is 7. The molecule has 0 bridgehead atoms. The zero-order valence-electron chi connectivity index (χ0n) is 16.9. The Morgan fingerprint density at radius 1 is 1.00 bits per heavy atom. The summed E-state index contributed by atoms with van der Waals surface area (Å²) >= 11 is 0. The summed E-state index contributed by atoms with van der Waals surface area (Å²) in [4.78, 5) is 39.8. The Morgan fingerprint density at radius 3 is 2.17 bits per heavy atom. The molecule has 0 unspecified atom stereocenters. The molecule has 2 rings (SSSR count). The first kappa shape index (κ1) is 22.4. The van der Waals surface area contributed by atoms with Crippen molar-refractivity contribution in [1.29, 1.82) is 0 Å². The van der Waals surface area contributed by atoms with Crippen molar-refractivity contribution in [2.24, 2.45) is 5.16 Å². The maximum Gasteiger partial charge on any atom is 0.347 e. The number of carbonyl (C=O) groups is 3. The Labute approximate surface area is 174 Å². The molecule has 0 aliphatic carbocycles. The molecule has 9 nitrogen and oxygen atoms in total. The molecule has 0 heterocycles. The van der Waals surface area contributed by atoms with E-state index in [2.05, 4.69) is 15.8 Å². The third-order valence-electron chi connectivity index (χ3n) is 3.72. The average Bonchev–Trinajstić information content (AvgIpc) is 2.72. The van der Waals surface area contributed by atoms with Crippen molar-refractivity contribution in [3.05, 3.63) is 54.1 Å². The van der Waals surface area contributed by atoms with Gasteiger partial charge in [-0.15, -0.1) is 0 Å². The third kappa shape index (κ3) is 7.63. The highest BCUT2D eigenvalue weighted by molar-refractivity contribution is 5.95. The van der Waals surface area contributed by atoms with Gasteiger partial charge in [-0.05, 0) is 61.0 Å². The number of nitrogens with zero attached hydrogens (tertiary/aromatic N) is 1. The van der Waals surface area contributed by atoms with Crippen LogP contribution in [0.3, 0.4) is 0 Å². The Kier molecular flexibility index (Phi) is 8.37. The minimum Gasteiger partial charge on any atom is -0.497 e. The van der Waals surface area contributed by atoms with Gasteiger partial charge in [0.15, 0.2) is 6.10 Å². The summed E-state index contributed by atoms with van der Waals surface area (Å²) < 4.78 is 10.1. The normalized spacial score (nSPS) is 11.4. The Morgan fingerprint density at radius 2 is 1.60 bits per heavy atom. The minimum absolute atomic E-state index is 0.192. The van der Waals surface area contributed by atoms with Gasteiger partial charge in [-0.1, -0.05) is 5.16 Å². The Balaban J connectivity index is 1.74. The van der Waals surface area contributed by atoms with E-state index in [0.29, 0.717) is 17.1 Å². The molecule has 2 amide bonds. The fourth-order valence-electron chi connectivity index (χ4n) is 2.25. The van der Waals surface area contributed by atoms with Crippen molar-refractivity contribution in [3.63, 3.8) is 0 Å². The summed E-state index contributed by atoms with van der Waals surface area (Å²) in [6, 6.07) is 13.6. The number of carbonyl (C=O) groups excluding carboxylic acids is 3. The summed E-state index contributed by atoms with van der Waals surface area (Å²) in [5.74, 6) is -0.710. The van der Waals surface area contributed by atoms with Crippen molar-refractivity contribution in [2.45, 2.75) is 20.0 Å². The minimum atomic E-state index is -1.03. The van der Waals surface area contributed by atoms with Crippen LogP contribution in [0.15, 0.2) is 53.7 Å². The lowest BCUT2D eigenvalue weighted by Gasteiger charge is -2.13. The number of methoxy groups -OCH3 is 1. The van der Waals surface area contributed by atoms with Crippen LogP contribution in [-0.2, 0) is 24.0 Å². The van der Waals surface area contributed by atoms with Gasteiger partial charge in [-0.3, -0.25) is 9.59 Å². The van der Waals surface area contributed by atoms with Crippen LogP contribution in [0, 0.1) is 0 Å². The van der Waals surface area contributed by atoms with E-state index < -0.39 is 24.6 Å². The molecule has 0 radical (unpaired) electrons. The lowest BCUT2D eigenvalue weighted by Crippen LogP contribution is -2.31. The summed E-state index contributed by atoms with van der Waals surface area (Å²) in [5.41, 5.74) is 1.87. The standard InChI is InChI=1S/C21H23N3O6/c1-14(21(27)24-18-8-6-17(7-9-18)23-15(2)25)30-20(26)13-29-22-12-16-4-10-19(28-3)11-5-16/h4-12,14H,13H2,1-3H3,(H,23,25)(H,24,27)/b22-12-/t14-/m0/s1. The number of oxime groups is 1. The van der Waals surface area contributed by atoms with Gasteiger partial charge >= 0.3 is 5.97 Å². The monoisotopic (exact) mass is 413 g/mol. The predicted molar refractivity (Wildman–Crippen MR) is 111 cm³/mol. The topological polar surface area (TPSA) is 115 Å². The van der Waals surface area contributed by atoms with Crippen molar-refractivity contribution in [1.82, 2.24) is 0 Å². The molecule has 0 aliphatic rings. The summed E-state index contributed by atoms with van der Waals surface area (Å²) in [5, 5.41) is 8.93. The van der Waals surface area contributed by atoms with Gasteiger partial charge in [-0.25, -0.2) is 4.79 Å². The molecule has 1 atom stereocenters. The highest BCUT2D eigenvalue weighted by Gasteiger charge is 2.18. The number of ether oxygens (including phenoxy) is 2. The molecule has 0 fully saturated rings. The second kappa shape index (κ2) is 11.2. The first-order valence-electron chi connectivity index (χ1n) is 9.05. The lowest BCUT2D eigenvalue weighted by molar-refractivity contribution is -0.157. The molecule has 0 aliphatic heterocycles. The number of hydrogen-bond donors (Lipinski definition) is 2. The number of benzene rings is 2. The maximum atomic E-state index is 12.1. The van der Waals surface area contributed by atoms with Crippen LogP contribution in [0.5, 0.6) is 5.75 Å². The number of amides is 2. The van der Waals surface area contributed by atoms with Crippen LogP contribution in [0.25, 0.3) is 0 Å². The molecule has 2 N–H and O–H groups in total. The molecule has 0 spiro atoms. The lowest BCUT2D eigenvalue weighted by atomic mass is 10.2. The average molecular weight is 413 g/mol. The molecule has 2 aromatic rings. The number of anilines is 2. The molecule has 0 saturated carbocycles. The fraction of sp³-hybridized carbons (Fsp3) is 0.238. The van der Waals surface area contributed by atoms with Gasteiger partial charge < -0.3 is 24.9 Å². The quantitative estimate of drug-likeness (QED) is 0.371. The zero-order chi connectivity index (χ0) is 21.9. The van der Waals surface area contributed by atoms with E-state index in [1.165, 1.54) is 20.1 Å². The molecule has 0 saturated heterocycles. The van der Waals surface area contributed by atoms with Gasteiger partial charge in [-0.2, -0.15) is 0 Å². The van der Waals surface area contributed by atoms with E-state index in [4.69, 9.17) is 14.3 Å². The maximum absolute atomic E-state index is 12.1. The molecular formula is C21H23N3O6. The van der Waals surface area contributed by atoms with Crippen molar-refractivity contribution >= 4 is 35.4 Å². The first-order valence-corrected chi connectivity index (χ1v) is 9.05. The van der Waals surface area contributed by atoms with E-state index in [9.17, 15) is 14.4 Å². The second-order valence-electron chi connectivity index (χ2n) is 6.16. The van der Waals surface area contributed by atoms with Crippen LogP contribution < -0.4 is 15.4 Å². The van der Waals surface area contributed by atoms with Gasteiger partial charge in [0.1, 0.15) is 5.75 Å². The third-order valence-corrected chi connectivity index (χ3v) is 3.72. The van der Waals surface area contributed by atoms with Crippen LogP contribution in [0.2, 0.25) is 0 Å². The summed E-state index contributed by atoms with van der Waals surface area (Å²) in [6.45, 7) is 2.41. The van der Waals surface area contributed by atoms with Crippen LogP contribution in [-0.4, -0.2) is 43.8 Å². The van der Waals surface area contributed by atoms with E-state index >= 15 is 0 Å². The Hall–Kier alpha value is -3.88. The summed E-state index contributed by atoms with van der Waals surface area (Å²) in [7, 11) is 1.57. The van der Waals surface area contributed by atoms with Crippen LogP contribution in [0.1, 0.15) is 19.4 Å². The van der Waals surface area contributed by atoms with Crippen molar-refractivity contribution in [2.75, 3.05) is 24.4 Å². The van der Waals surface area contributed by atoms with Crippen molar-refractivity contribution in [3.8, 4) is 5.75 Å². The first-order chi connectivity index (χ1) is 14.4. The highest BCUT2D eigenvalue weighted by atomic mass is 16.7. The number of esters is 1. The number of rotatable bonds is 9. The van der Waals surface area contributed by atoms with Crippen LogP contribution in [0.4, 0.5) is 11.4 Å². The van der Waals surface area contributed by atoms with E-state index in [0.717, 1.165) is 5.56 Å². The van der Waals surface area contributed by atoms with Crippen LogP contribution >= 0.6 is 0 Å². The SMILES string of the molecule is COc1ccc(/C=N\OCC(=O)O[C@@H](C)C(=O)Nc2ccc(NC(C)=O)cc2)cc1. The zero-order valence-corrected chi connectivity index (χ0v) is 16.9. The van der Waals surface area contributed by atoms with E-state index in [1.54, 1.807) is 55.6 Å². The smallest absolute Gasteiger partial charge is 0.347 e. The van der Waals surface area contributed by atoms with Gasteiger partial charge in [0.05, 0.1) is 13.3 Å². The van der Waals surface area contributed by atoms with E-state index in [1.807, 2.05) is 0 Å². The van der Waals surface area contributed by atoms with E-state index in [-0.39, 0.29) is 5.91 Å². The molecule has 30 heavy (non-hydrogen) atoms. The fourth-order valence-corrected chi connectivity index (χ4v) is 2.25. The van der Waals surface area contributed by atoms with Gasteiger partial charge in [0.25, 0.3) is 5.91 Å². The largest absolute Gasteiger partial charge is 0.497 e. The molecular weight excluding hydrogens is 390 g/mol. The molecule has 0 aromatic heterocycles. The van der Waals surface area contributed by atoms with Crippen molar-refractivity contribution < 1.29 is 28.7 Å². The second-order valence-corrected chi connectivity index (χ2v) is 6.16. The Bertz CT molecular complexity index is 894. The summed E-state index contributed by atoms with van der Waals surface area (Å²) in [6.07, 6.45) is 0.412. The highest BCUT2D eigenvalue weighted by Crippen LogP contribution is 2.14. The van der Waals surface area contributed by atoms with Gasteiger partial charge in [0, 0.05) is 18.3 Å². The number of nitrogens with one attached hydrogen (secondary N) is 2. The molecule has 2 aromatic carbocycles. The molecule has 158 valence electrons.